The molecule has 0 fully saturated rings. The van der Waals surface area contributed by atoms with E-state index in [1.54, 1.807) is 0 Å². The molecule has 2 rings (SSSR count). The van der Waals surface area contributed by atoms with Crippen LogP contribution in [0.3, 0.4) is 0 Å². The fourth-order valence-electron chi connectivity index (χ4n) is 3.25. The highest BCUT2D eigenvalue weighted by atomic mass is 16.5. The van der Waals surface area contributed by atoms with E-state index in [0.29, 0.717) is 18.6 Å². The molecule has 3 heteroatoms. The Hall–Kier alpha value is -1.68. The molecule has 2 aromatic rings. The van der Waals surface area contributed by atoms with Crippen LogP contribution >= 0.6 is 0 Å². The fraction of sp³-hybridized carbons (Fsp3) is 0.500. The summed E-state index contributed by atoms with van der Waals surface area (Å²) in [6, 6.07) is 21.6. The Morgan fingerprint density at radius 3 is 2.19 bits per heavy atom. The molecule has 0 radical (unpaired) electrons. The highest BCUT2D eigenvalue weighted by molar-refractivity contribution is 5.14. The molecule has 1 atom stereocenters. The molecule has 0 aliphatic carbocycles. The first kappa shape index (κ1) is 21.6. The Kier molecular flexibility index (Phi) is 10.8. The molecule has 0 aromatic heterocycles. The van der Waals surface area contributed by atoms with Gasteiger partial charge in [-0.05, 0) is 42.9 Å². The zero-order valence-electron chi connectivity index (χ0n) is 17.0. The van der Waals surface area contributed by atoms with Crippen LogP contribution in [-0.4, -0.2) is 32.3 Å². The van der Waals surface area contributed by atoms with E-state index >= 15 is 0 Å². The van der Waals surface area contributed by atoms with E-state index in [4.69, 9.17) is 4.74 Å². The van der Waals surface area contributed by atoms with Gasteiger partial charge in [0.2, 0.25) is 0 Å². The van der Waals surface area contributed by atoms with E-state index in [9.17, 15) is 0 Å². The normalized spacial score (nSPS) is 12.4. The third-order valence-electron chi connectivity index (χ3n) is 4.60. The number of benzene rings is 2. The maximum absolute atomic E-state index is 5.78. The van der Waals surface area contributed by atoms with Gasteiger partial charge in [-0.2, -0.15) is 0 Å². The second-order valence-corrected chi connectivity index (χ2v) is 7.61. The summed E-state index contributed by atoms with van der Waals surface area (Å²) >= 11 is 0. The lowest BCUT2D eigenvalue weighted by Crippen LogP contribution is -2.41. The Balaban J connectivity index is 1.56. The Morgan fingerprint density at radius 1 is 0.852 bits per heavy atom. The van der Waals surface area contributed by atoms with Crippen LogP contribution in [0.5, 0.6) is 0 Å². The SMILES string of the molecule is CC(C)CC(CNCCCc1ccccc1)NCCOCc1ccccc1. The van der Waals surface area contributed by atoms with Crippen molar-refractivity contribution in [2.75, 3.05) is 26.2 Å². The van der Waals surface area contributed by atoms with Crippen LogP contribution in [0, 0.1) is 5.92 Å². The smallest absolute Gasteiger partial charge is 0.0717 e. The van der Waals surface area contributed by atoms with Gasteiger partial charge in [-0.3, -0.25) is 0 Å². The average Bonchev–Trinajstić information content (AvgIpc) is 2.68. The van der Waals surface area contributed by atoms with E-state index in [1.165, 1.54) is 24.0 Å². The maximum Gasteiger partial charge on any atom is 0.0717 e. The monoisotopic (exact) mass is 368 g/mol. The standard InChI is InChI=1S/C24H36N2O/c1-21(2)18-24(19-25-15-9-14-22-10-5-3-6-11-22)26-16-17-27-20-23-12-7-4-8-13-23/h3-8,10-13,21,24-26H,9,14-20H2,1-2H3. The summed E-state index contributed by atoms with van der Waals surface area (Å²) in [5.74, 6) is 0.693. The van der Waals surface area contributed by atoms with Crippen molar-refractivity contribution in [3.05, 3.63) is 71.8 Å². The molecule has 0 saturated carbocycles. The fourth-order valence-corrected chi connectivity index (χ4v) is 3.25. The van der Waals surface area contributed by atoms with Crippen LogP contribution in [0.25, 0.3) is 0 Å². The minimum atomic E-state index is 0.502. The Bertz CT molecular complexity index is 536. The Labute approximate surface area is 165 Å². The molecular formula is C24H36N2O. The van der Waals surface area contributed by atoms with Crippen LogP contribution in [0.2, 0.25) is 0 Å². The second kappa shape index (κ2) is 13.5. The molecule has 0 aliphatic heterocycles. The van der Waals surface area contributed by atoms with Crippen molar-refractivity contribution in [2.45, 2.75) is 45.8 Å². The molecule has 1 unspecified atom stereocenters. The molecule has 0 aliphatic rings. The molecule has 148 valence electrons. The zero-order chi connectivity index (χ0) is 19.2. The zero-order valence-corrected chi connectivity index (χ0v) is 17.0. The minimum absolute atomic E-state index is 0.502. The van der Waals surface area contributed by atoms with Crippen molar-refractivity contribution in [2.24, 2.45) is 5.92 Å². The van der Waals surface area contributed by atoms with E-state index in [2.05, 4.69) is 79.1 Å². The van der Waals surface area contributed by atoms with Crippen LogP contribution in [-0.2, 0) is 17.8 Å². The molecule has 0 amide bonds. The summed E-state index contributed by atoms with van der Waals surface area (Å²) in [5, 5.41) is 7.28. The van der Waals surface area contributed by atoms with Crippen molar-refractivity contribution < 1.29 is 4.74 Å². The van der Waals surface area contributed by atoms with E-state index in [0.717, 1.165) is 32.7 Å². The lowest BCUT2D eigenvalue weighted by molar-refractivity contribution is 0.120. The summed E-state index contributed by atoms with van der Waals surface area (Å²) < 4.78 is 5.78. The van der Waals surface area contributed by atoms with Crippen molar-refractivity contribution in [1.29, 1.82) is 0 Å². The highest BCUT2D eigenvalue weighted by Crippen LogP contribution is 2.05. The number of aryl methyl sites for hydroxylation is 1. The predicted molar refractivity (Wildman–Crippen MR) is 115 cm³/mol. The molecule has 0 saturated heterocycles. The van der Waals surface area contributed by atoms with Crippen LogP contribution in [0.1, 0.15) is 37.8 Å². The molecule has 3 nitrogen and oxygen atoms in total. The number of hydrogen-bond acceptors (Lipinski definition) is 3. The van der Waals surface area contributed by atoms with Crippen molar-refractivity contribution in [3.63, 3.8) is 0 Å². The number of hydrogen-bond donors (Lipinski definition) is 2. The molecule has 0 spiro atoms. The number of nitrogens with one attached hydrogen (secondary N) is 2. The molecular weight excluding hydrogens is 332 g/mol. The quantitative estimate of drug-likeness (QED) is 0.484. The topological polar surface area (TPSA) is 33.3 Å². The van der Waals surface area contributed by atoms with Gasteiger partial charge in [-0.1, -0.05) is 74.5 Å². The largest absolute Gasteiger partial charge is 0.375 e. The summed E-state index contributed by atoms with van der Waals surface area (Å²) in [4.78, 5) is 0. The van der Waals surface area contributed by atoms with Gasteiger partial charge in [-0.15, -0.1) is 0 Å². The summed E-state index contributed by atoms with van der Waals surface area (Å²) in [5.41, 5.74) is 2.66. The molecule has 2 aromatic carbocycles. The lowest BCUT2D eigenvalue weighted by Gasteiger charge is -2.21. The van der Waals surface area contributed by atoms with Gasteiger partial charge < -0.3 is 15.4 Å². The van der Waals surface area contributed by atoms with Gasteiger partial charge in [0.1, 0.15) is 0 Å². The first-order valence-electron chi connectivity index (χ1n) is 10.3. The molecule has 27 heavy (non-hydrogen) atoms. The van der Waals surface area contributed by atoms with Crippen LogP contribution < -0.4 is 10.6 Å². The summed E-state index contributed by atoms with van der Waals surface area (Å²) in [6.45, 7) is 9.00. The van der Waals surface area contributed by atoms with E-state index in [-0.39, 0.29) is 0 Å². The highest BCUT2D eigenvalue weighted by Gasteiger charge is 2.09. The summed E-state index contributed by atoms with van der Waals surface area (Å²) in [6.07, 6.45) is 3.51. The number of ether oxygens (including phenoxy) is 1. The van der Waals surface area contributed by atoms with Gasteiger partial charge in [0, 0.05) is 19.1 Å². The van der Waals surface area contributed by atoms with Crippen molar-refractivity contribution in [1.82, 2.24) is 10.6 Å². The van der Waals surface area contributed by atoms with Crippen molar-refractivity contribution in [3.8, 4) is 0 Å². The van der Waals surface area contributed by atoms with Gasteiger partial charge in [0.15, 0.2) is 0 Å². The second-order valence-electron chi connectivity index (χ2n) is 7.61. The third-order valence-corrected chi connectivity index (χ3v) is 4.60. The van der Waals surface area contributed by atoms with E-state index in [1.807, 2.05) is 6.07 Å². The van der Waals surface area contributed by atoms with Gasteiger partial charge in [-0.25, -0.2) is 0 Å². The molecule has 0 heterocycles. The van der Waals surface area contributed by atoms with Crippen LogP contribution in [0.15, 0.2) is 60.7 Å². The Morgan fingerprint density at radius 2 is 1.52 bits per heavy atom. The molecule has 0 bridgehead atoms. The van der Waals surface area contributed by atoms with Gasteiger partial charge >= 0.3 is 0 Å². The number of rotatable bonds is 14. The third kappa shape index (κ3) is 10.3. The van der Waals surface area contributed by atoms with Gasteiger partial charge in [0.05, 0.1) is 13.2 Å². The predicted octanol–water partition coefficient (Wildman–Crippen LogP) is 4.43. The van der Waals surface area contributed by atoms with Crippen molar-refractivity contribution >= 4 is 0 Å². The first-order chi connectivity index (χ1) is 13.2. The summed E-state index contributed by atoms with van der Waals surface area (Å²) in [7, 11) is 0. The minimum Gasteiger partial charge on any atom is -0.375 e. The van der Waals surface area contributed by atoms with E-state index < -0.39 is 0 Å². The van der Waals surface area contributed by atoms with Gasteiger partial charge in [0.25, 0.3) is 0 Å². The lowest BCUT2D eigenvalue weighted by atomic mass is 10.0. The maximum atomic E-state index is 5.78. The first-order valence-corrected chi connectivity index (χ1v) is 10.3. The average molecular weight is 369 g/mol. The molecule has 2 N–H and O–H groups in total. The van der Waals surface area contributed by atoms with Crippen LogP contribution in [0.4, 0.5) is 0 Å².